The Bertz CT molecular complexity index is 162. The van der Waals surface area contributed by atoms with Crippen LogP contribution in [0.5, 0.6) is 0 Å². The van der Waals surface area contributed by atoms with Crippen molar-refractivity contribution < 1.29 is 23.0 Å². The molecule has 0 aromatic carbocycles. The Morgan fingerprint density at radius 3 is 2.40 bits per heavy atom. The van der Waals surface area contributed by atoms with Crippen LogP contribution < -0.4 is 5.32 Å². The van der Waals surface area contributed by atoms with Crippen LogP contribution in [0, 0.1) is 0 Å². The summed E-state index contributed by atoms with van der Waals surface area (Å²) in [5.41, 5.74) is 0. The molecular weight excluding hydrogens is 211 g/mol. The van der Waals surface area contributed by atoms with Crippen molar-refractivity contribution in [2.24, 2.45) is 0 Å². The minimum Gasteiger partial charge on any atom is -0.382 e. The van der Waals surface area contributed by atoms with Crippen molar-refractivity contribution in [2.75, 3.05) is 19.8 Å². The van der Waals surface area contributed by atoms with Gasteiger partial charge in [0.1, 0.15) is 0 Å². The molecule has 3 nitrogen and oxygen atoms in total. The summed E-state index contributed by atoms with van der Waals surface area (Å²) < 4.78 is 40.1. The van der Waals surface area contributed by atoms with Gasteiger partial charge in [0, 0.05) is 12.6 Å². The highest BCUT2D eigenvalue weighted by Gasteiger charge is 2.38. The molecule has 0 aliphatic rings. The zero-order valence-corrected chi connectivity index (χ0v) is 8.97. The molecule has 15 heavy (non-hydrogen) atoms. The van der Waals surface area contributed by atoms with Gasteiger partial charge in [-0.1, -0.05) is 13.8 Å². The molecule has 0 aliphatic carbocycles. The Morgan fingerprint density at radius 1 is 1.33 bits per heavy atom. The molecule has 6 heteroatoms. The maximum atomic E-state index is 11.8. The molecule has 0 saturated heterocycles. The molecule has 0 radical (unpaired) electrons. The highest BCUT2D eigenvalue weighted by atomic mass is 19.4. The molecule has 1 atom stereocenters. The van der Waals surface area contributed by atoms with Crippen LogP contribution in [0.25, 0.3) is 0 Å². The van der Waals surface area contributed by atoms with Gasteiger partial charge in [0.15, 0.2) is 6.10 Å². The van der Waals surface area contributed by atoms with Crippen LogP contribution in [0.4, 0.5) is 13.2 Å². The average molecular weight is 229 g/mol. The van der Waals surface area contributed by atoms with E-state index < -0.39 is 18.9 Å². The summed E-state index contributed by atoms with van der Waals surface area (Å²) >= 11 is 0. The van der Waals surface area contributed by atoms with Gasteiger partial charge in [-0.3, -0.25) is 0 Å². The predicted octanol–water partition coefficient (Wildman–Crippen LogP) is 1.31. The molecule has 1 unspecified atom stereocenters. The molecular formula is C9H18F3NO2. The van der Waals surface area contributed by atoms with Crippen LogP contribution in [-0.4, -0.2) is 43.2 Å². The topological polar surface area (TPSA) is 41.5 Å². The molecule has 0 saturated carbocycles. The molecule has 0 aromatic rings. The quantitative estimate of drug-likeness (QED) is 0.647. The highest BCUT2D eigenvalue weighted by Crippen LogP contribution is 2.19. The van der Waals surface area contributed by atoms with Crippen LogP contribution in [-0.2, 0) is 4.74 Å². The van der Waals surface area contributed by atoms with Crippen molar-refractivity contribution in [3.8, 4) is 0 Å². The lowest BCUT2D eigenvalue weighted by molar-refractivity contribution is -0.217. The molecule has 2 N–H and O–H groups in total. The van der Waals surface area contributed by atoms with E-state index in [0.717, 1.165) is 0 Å². The second-order valence-electron chi connectivity index (χ2n) is 3.59. The lowest BCUT2D eigenvalue weighted by Gasteiger charge is -2.14. The Labute approximate surface area is 87.6 Å². The maximum Gasteiger partial charge on any atom is 0.416 e. The number of aliphatic hydroxyl groups excluding tert-OH is 1. The SMILES string of the molecule is CC(C)NCCCOCC(O)C(F)(F)F. The summed E-state index contributed by atoms with van der Waals surface area (Å²) in [7, 11) is 0. The highest BCUT2D eigenvalue weighted by molar-refractivity contribution is 4.63. The number of rotatable bonds is 7. The fraction of sp³-hybridized carbons (Fsp3) is 1.00. The molecule has 92 valence electrons. The average Bonchev–Trinajstić information content (AvgIpc) is 2.08. The van der Waals surface area contributed by atoms with E-state index in [2.05, 4.69) is 5.32 Å². The molecule has 0 rings (SSSR count). The van der Waals surface area contributed by atoms with E-state index in [0.29, 0.717) is 19.0 Å². The van der Waals surface area contributed by atoms with Crippen LogP contribution in [0.1, 0.15) is 20.3 Å². The number of hydrogen-bond acceptors (Lipinski definition) is 3. The maximum absolute atomic E-state index is 11.8. The Hall–Kier alpha value is -0.330. The first-order valence-electron chi connectivity index (χ1n) is 4.90. The number of alkyl halides is 3. The van der Waals surface area contributed by atoms with Gasteiger partial charge < -0.3 is 15.2 Å². The minimum absolute atomic E-state index is 0.215. The summed E-state index contributed by atoms with van der Waals surface area (Å²) in [4.78, 5) is 0. The number of hydrogen-bond donors (Lipinski definition) is 2. The van der Waals surface area contributed by atoms with Gasteiger partial charge in [0.2, 0.25) is 0 Å². The largest absolute Gasteiger partial charge is 0.416 e. The molecule has 0 fully saturated rings. The fourth-order valence-electron chi connectivity index (χ4n) is 0.854. The van der Waals surface area contributed by atoms with E-state index in [1.807, 2.05) is 13.8 Å². The van der Waals surface area contributed by atoms with Crippen molar-refractivity contribution in [1.29, 1.82) is 0 Å². The summed E-state index contributed by atoms with van der Waals surface area (Å²) in [6, 6.07) is 0.353. The summed E-state index contributed by atoms with van der Waals surface area (Å²) in [5, 5.41) is 11.7. The monoisotopic (exact) mass is 229 g/mol. The van der Waals surface area contributed by atoms with E-state index in [1.165, 1.54) is 0 Å². The number of nitrogens with one attached hydrogen (secondary N) is 1. The zero-order chi connectivity index (χ0) is 11.9. The third-order valence-corrected chi connectivity index (χ3v) is 1.67. The molecule has 0 aromatic heterocycles. The van der Waals surface area contributed by atoms with E-state index in [1.54, 1.807) is 0 Å². The summed E-state index contributed by atoms with van der Waals surface area (Å²) in [6.45, 7) is 4.18. The summed E-state index contributed by atoms with van der Waals surface area (Å²) in [6.07, 6.45) is -6.34. The fourth-order valence-corrected chi connectivity index (χ4v) is 0.854. The van der Waals surface area contributed by atoms with Crippen LogP contribution in [0.15, 0.2) is 0 Å². The minimum atomic E-state index is -4.59. The van der Waals surface area contributed by atoms with Crippen LogP contribution in [0.3, 0.4) is 0 Å². The van der Waals surface area contributed by atoms with Gasteiger partial charge >= 0.3 is 6.18 Å². The van der Waals surface area contributed by atoms with Crippen molar-refractivity contribution in [2.45, 2.75) is 38.6 Å². The van der Waals surface area contributed by atoms with Gasteiger partial charge in [-0.25, -0.2) is 0 Å². The second-order valence-corrected chi connectivity index (χ2v) is 3.59. The summed E-state index contributed by atoms with van der Waals surface area (Å²) in [5.74, 6) is 0. The van der Waals surface area contributed by atoms with Crippen molar-refractivity contribution in [1.82, 2.24) is 5.32 Å². The van der Waals surface area contributed by atoms with Gasteiger partial charge in [-0.15, -0.1) is 0 Å². The van der Waals surface area contributed by atoms with Crippen molar-refractivity contribution in [3.63, 3.8) is 0 Å². The van der Waals surface area contributed by atoms with Gasteiger partial charge in [-0.2, -0.15) is 13.2 Å². The number of ether oxygens (including phenoxy) is 1. The van der Waals surface area contributed by atoms with E-state index >= 15 is 0 Å². The molecule has 0 heterocycles. The lowest BCUT2D eigenvalue weighted by Crippen LogP contribution is -2.33. The predicted molar refractivity (Wildman–Crippen MR) is 50.6 cm³/mol. The smallest absolute Gasteiger partial charge is 0.382 e. The lowest BCUT2D eigenvalue weighted by atomic mass is 10.3. The van der Waals surface area contributed by atoms with Crippen molar-refractivity contribution >= 4 is 0 Å². The van der Waals surface area contributed by atoms with Gasteiger partial charge in [0.05, 0.1) is 6.61 Å². The zero-order valence-electron chi connectivity index (χ0n) is 8.97. The van der Waals surface area contributed by atoms with Crippen LogP contribution >= 0.6 is 0 Å². The third-order valence-electron chi connectivity index (χ3n) is 1.67. The third kappa shape index (κ3) is 8.65. The Kier molecular flexibility index (Phi) is 6.87. The standard InChI is InChI=1S/C9H18F3NO2/c1-7(2)13-4-3-5-15-6-8(14)9(10,11)12/h7-8,13-14H,3-6H2,1-2H3. The van der Waals surface area contributed by atoms with Gasteiger partial charge in [0.25, 0.3) is 0 Å². The normalized spacial score (nSPS) is 14.6. The van der Waals surface area contributed by atoms with E-state index in [4.69, 9.17) is 9.84 Å². The van der Waals surface area contributed by atoms with Gasteiger partial charge in [-0.05, 0) is 13.0 Å². The first kappa shape index (κ1) is 14.7. The second kappa shape index (κ2) is 7.03. The molecule has 0 aliphatic heterocycles. The van der Waals surface area contributed by atoms with E-state index in [9.17, 15) is 13.2 Å². The number of aliphatic hydroxyl groups is 1. The number of halogens is 3. The van der Waals surface area contributed by atoms with Crippen molar-refractivity contribution in [3.05, 3.63) is 0 Å². The van der Waals surface area contributed by atoms with E-state index in [-0.39, 0.29) is 6.61 Å². The van der Waals surface area contributed by atoms with Crippen LogP contribution in [0.2, 0.25) is 0 Å². The first-order chi connectivity index (χ1) is 6.84. The molecule has 0 amide bonds. The molecule has 0 spiro atoms. The molecule has 0 bridgehead atoms. The first-order valence-corrected chi connectivity index (χ1v) is 4.90. The Morgan fingerprint density at radius 2 is 1.93 bits per heavy atom. The Balaban J connectivity index is 3.32.